The van der Waals surface area contributed by atoms with E-state index in [9.17, 15) is 0 Å². The molecule has 1 heterocycles. The number of rotatable bonds is 6. The number of aliphatic imine (C=N–C) groups is 1. The second-order valence-electron chi connectivity index (χ2n) is 7.96. The highest BCUT2D eigenvalue weighted by Crippen LogP contribution is 2.40. The molecule has 0 aromatic rings. The molecule has 24 heavy (non-hydrogen) atoms. The van der Waals surface area contributed by atoms with Gasteiger partial charge in [-0.05, 0) is 63.8 Å². The molecular formula is C19H39IN4. The van der Waals surface area contributed by atoms with Crippen LogP contribution in [0.5, 0.6) is 0 Å². The Labute approximate surface area is 166 Å². The van der Waals surface area contributed by atoms with Crippen molar-refractivity contribution in [3.8, 4) is 0 Å². The third-order valence-electron chi connectivity index (χ3n) is 6.11. The van der Waals surface area contributed by atoms with Gasteiger partial charge in [0.2, 0.25) is 0 Å². The molecular weight excluding hydrogens is 411 g/mol. The van der Waals surface area contributed by atoms with Gasteiger partial charge in [0.05, 0.1) is 0 Å². The first kappa shape index (κ1) is 22.0. The van der Waals surface area contributed by atoms with Crippen molar-refractivity contribution in [2.45, 2.75) is 71.8 Å². The highest BCUT2D eigenvalue weighted by atomic mass is 127. The van der Waals surface area contributed by atoms with Crippen LogP contribution in [-0.4, -0.2) is 50.1 Å². The minimum absolute atomic E-state index is 0. The fourth-order valence-corrected chi connectivity index (χ4v) is 4.25. The van der Waals surface area contributed by atoms with E-state index in [4.69, 9.17) is 0 Å². The first-order valence-corrected chi connectivity index (χ1v) is 9.77. The number of halogens is 1. The number of likely N-dealkylation sites (tertiary alicyclic amines) is 1. The molecule has 4 nitrogen and oxygen atoms in total. The summed E-state index contributed by atoms with van der Waals surface area (Å²) in [6, 6.07) is 0.669. The minimum Gasteiger partial charge on any atom is -0.356 e. The number of piperidine rings is 1. The molecule has 0 radical (unpaired) electrons. The van der Waals surface area contributed by atoms with Gasteiger partial charge in [0.1, 0.15) is 0 Å². The summed E-state index contributed by atoms with van der Waals surface area (Å²) in [5.41, 5.74) is 0.511. The maximum atomic E-state index is 4.43. The quantitative estimate of drug-likeness (QED) is 0.367. The summed E-state index contributed by atoms with van der Waals surface area (Å²) < 4.78 is 0. The SMILES string of the molecule is CCC1(CNC(=NC)NCC2CCCN(C(C)C)C2)CCCC1.I. The Kier molecular flexibility index (Phi) is 9.94. The lowest BCUT2D eigenvalue weighted by atomic mass is 9.83. The van der Waals surface area contributed by atoms with Gasteiger partial charge in [-0.2, -0.15) is 0 Å². The van der Waals surface area contributed by atoms with Crippen LogP contribution in [0.15, 0.2) is 4.99 Å². The number of nitrogens with one attached hydrogen (secondary N) is 2. The molecule has 1 saturated heterocycles. The molecule has 0 aromatic carbocycles. The Bertz CT molecular complexity index is 378. The lowest BCUT2D eigenvalue weighted by Gasteiger charge is -2.36. The normalized spacial score (nSPS) is 24.7. The number of hydrogen-bond donors (Lipinski definition) is 2. The molecule has 0 amide bonds. The lowest BCUT2D eigenvalue weighted by molar-refractivity contribution is 0.141. The maximum Gasteiger partial charge on any atom is 0.191 e. The third kappa shape index (κ3) is 6.36. The lowest BCUT2D eigenvalue weighted by Crippen LogP contribution is -2.47. The van der Waals surface area contributed by atoms with Crippen LogP contribution in [0.25, 0.3) is 0 Å². The Morgan fingerprint density at radius 2 is 1.92 bits per heavy atom. The van der Waals surface area contributed by atoms with Crippen molar-refractivity contribution >= 4 is 29.9 Å². The van der Waals surface area contributed by atoms with E-state index >= 15 is 0 Å². The highest BCUT2D eigenvalue weighted by Gasteiger charge is 2.32. The second kappa shape index (κ2) is 10.8. The van der Waals surface area contributed by atoms with Crippen molar-refractivity contribution in [1.82, 2.24) is 15.5 Å². The largest absolute Gasteiger partial charge is 0.356 e. The fourth-order valence-electron chi connectivity index (χ4n) is 4.25. The van der Waals surface area contributed by atoms with Gasteiger partial charge in [0, 0.05) is 32.7 Å². The first-order chi connectivity index (χ1) is 11.1. The maximum absolute atomic E-state index is 4.43. The zero-order chi connectivity index (χ0) is 16.7. The predicted octanol–water partition coefficient (Wildman–Crippen LogP) is 3.86. The van der Waals surface area contributed by atoms with E-state index in [1.807, 2.05) is 7.05 Å². The van der Waals surface area contributed by atoms with Gasteiger partial charge in [-0.15, -0.1) is 24.0 Å². The van der Waals surface area contributed by atoms with E-state index in [0.717, 1.165) is 25.0 Å². The van der Waals surface area contributed by atoms with Gasteiger partial charge in [0.25, 0.3) is 0 Å². The van der Waals surface area contributed by atoms with E-state index in [1.54, 1.807) is 0 Å². The molecule has 5 heteroatoms. The Morgan fingerprint density at radius 3 is 2.50 bits per heavy atom. The van der Waals surface area contributed by atoms with Crippen molar-refractivity contribution in [2.24, 2.45) is 16.3 Å². The van der Waals surface area contributed by atoms with Gasteiger partial charge in [-0.3, -0.25) is 4.99 Å². The van der Waals surface area contributed by atoms with Crippen molar-refractivity contribution in [2.75, 3.05) is 33.2 Å². The smallest absolute Gasteiger partial charge is 0.191 e. The molecule has 2 aliphatic rings. The zero-order valence-corrected chi connectivity index (χ0v) is 18.6. The van der Waals surface area contributed by atoms with Crippen molar-refractivity contribution in [3.05, 3.63) is 0 Å². The number of nitrogens with zero attached hydrogens (tertiary/aromatic N) is 2. The van der Waals surface area contributed by atoms with Crippen LogP contribution in [-0.2, 0) is 0 Å². The first-order valence-electron chi connectivity index (χ1n) is 9.77. The van der Waals surface area contributed by atoms with Crippen LogP contribution in [0.1, 0.15) is 65.7 Å². The van der Waals surface area contributed by atoms with Gasteiger partial charge in [-0.25, -0.2) is 0 Å². The van der Waals surface area contributed by atoms with Crippen LogP contribution < -0.4 is 10.6 Å². The molecule has 1 atom stereocenters. The van der Waals surface area contributed by atoms with Crippen molar-refractivity contribution < 1.29 is 0 Å². The topological polar surface area (TPSA) is 39.7 Å². The molecule has 0 spiro atoms. The Hall–Kier alpha value is -0.0400. The molecule has 2 fully saturated rings. The summed E-state index contributed by atoms with van der Waals surface area (Å²) in [6.45, 7) is 11.6. The van der Waals surface area contributed by atoms with Crippen LogP contribution in [0.2, 0.25) is 0 Å². The highest BCUT2D eigenvalue weighted by molar-refractivity contribution is 14.0. The Balaban J connectivity index is 0.00000288. The summed E-state index contributed by atoms with van der Waals surface area (Å²) in [5.74, 6) is 1.74. The van der Waals surface area contributed by atoms with Gasteiger partial charge < -0.3 is 15.5 Å². The van der Waals surface area contributed by atoms with Gasteiger partial charge >= 0.3 is 0 Å². The molecule has 2 rings (SSSR count). The molecule has 1 saturated carbocycles. The monoisotopic (exact) mass is 450 g/mol. The summed E-state index contributed by atoms with van der Waals surface area (Å²) in [7, 11) is 1.89. The Morgan fingerprint density at radius 1 is 1.21 bits per heavy atom. The van der Waals surface area contributed by atoms with Crippen LogP contribution >= 0.6 is 24.0 Å². The molecule has 142 valence electrons. The third-order valence-corrected chi connectivity index (χ3v) is 6.11. The van der Waals surface area contributed by atoms with Crippen LogP contribution in [0.4, 0.5) is 0 Å². The standard InChI is InChI=1S/C19H38N4.HI/c1-5-19(10-6-7-11-19)15-22-18(20-4)21-13-17-9-8-12-23(14-17)16(2)3;/h16-17H,5-15H2,1-4H3,(H2,20,21,22);1H. The van der Waals surface area contributed by atoms with E-state index in [-0.39, 0.29) is 24.0 Å². The van der Waals surface area contributed by atoms with Crippen molar-refractivity contribution in [1.29, 1.82) is 0 Å². The predicted molar refractivity (Wildman–Crippen MR) is 115 cm³/mol. The summed E-state index contributed by atoms with van der Waals surface area (Å²) >= 11 is 0. The summed E-state index contributed by atoms with van der Waals surface area (Å²) in [4.78, 5) is 7.04. The molecule has 2 N–H and O–H groups in total. The van der Waals surface area contributed by atoms with E-state index in [1.165, 1.54) is 58.0 Å². The molecule has 1 aliphatic heterocycles. The second-order valence-corrected chi connectivity index (χ2v) is 7.96. The summed E-state index contributed by atoms with van der Waals surface area (Å²) in [6.07, 6.45) is 9.49. The van der Waals surface area contributed by atoms with Crippen molar-refractivity contribution in [3.63, 3.8) is 0 Å². The zero-order valence-electron chi connectivity index (χ0n) is 16.2. The van der Waals surface area contributed by atoms with Gasteiger partial charge in [0.15, 0.2) is 5.96 Å². The molecule has 1 unspecified atom stereocenters. The van der Waals surface area contributed by atoms with E-state index in [2.05, 4.69) is 41.3 Å². The molecule has 0 aromatic heterocycles. The van der Waals surface area contributed by atoms with Crippen LogP contribution in [0.3, 0.4) is 0 Å². The average molecular weight is 450 g/mol. The summed E-state index contributed by atoms with van der Waals surface area (Å²) in [5, 5.41) is 7.18. The molecule has 1 aliphatic carbocycles. The van der Waals surface area contributed by atoms with Gasteiger partial charge in [-0.1, -0.05) is 19.8 Å². The molecule has 0 bridgehead atoms. The number of guanidine groups is 1. The minimum atomic E-state index is 0. The van der Waals surface area contributed by atoms with Crippen LogP contribution in [0, 0.1) is 11.3 Å². The fraction of sp³-hybridized carbons (Fsp3) is 0.947. The van der Waals surface area contributed by atoms with E-state index < -0.39 is 0 Å². The van der Waals surface area contributed by atoms with E-state index in [0.29, 0.717) is 11.5 Å². The number of hydrogen-bond acceptors (Lipinski definition) is 2. The average Bonchev–Trinajstić information content (AvgIpc) is 3.05.